The smallest absolute Gasteiger partial charge is 0.0111 e. The molecule has 0 aromatic heterocycles. The first-order valence-corrected chi connectivity index (χ1v) is 11.4. The van der Waals surface area contributed by atoms with Gasteiger partial charge in [-0.2, -0.15) is 0 Å². The van der Waals surface area contributed by atoms with Crippen molar-refractivity contribution in [3.8, 4) is 0 Å². The van der Waals surface area contributed by atoms with E-state index in [0.717, 1.165) is 35.5 Å². The van der Waals surface area contributed by atoms with E-state index >= 15 is 0 Å². The molecule has 0 spiro atoms. The maximum atomic E-state index is 2.43. The van der Waals surface area contributed by atoms with E-state index < -0.39 is 0 Å². The van der Waals surface area contributed by atoms with Gasteiger partial charge < -0.3 is 0 Å². The standard InChI is InChI=1S/2C13H20/c1-10(2)12-9-5-7-11-6-3-4-8-13(11)12;1-3-11-7-5-9-12-8-4-6-10(2)13(11)12/h5,7,9-11,13H,3-4,6,8H2,1-2H3;5,7,9-10,12-13H,3-4,6,8H2,1-2H3. The highest BCUT2D eigenvalue weighted by atomic mass is 14.4. The molecule has 144 valence electrons. The first-order valence-electron chi connectivity index (χ1n) is 11.4. The summed E-state index contributed by atoms with van der Waals surface area (Å²) >= 11 is 0. The minimum atomic E-state index is 0.746. The fourth-order valence-electron chi connectivity index (χ4n) is 5.96. The third kappa shape index (κ3) is 4.44. The Kier molecular flexibility index (Phi) is 7.01. The van der Waals surface area contributed by atoms with Crippen LogP contribution in [0.15, 0.2) is 47.6 Å². The van der Waals surface area contributed by atoms with Crippen LogP contribution in [0.25, 0.3) is 0 Å². The molecule has 2 fully saturated rings. The average molecular weight is 353 g/mol. The van der Waals surface area contributed by atoms with E-state index in [1.807, 2.05) is 0 Å². The molecule has 2 saturated carbocycles. The van der Waals surface area contributed by atoms with Crippen molar-refractivity contribution in [3.05, 3.63) is 47.6 Å². The highest BCUT2D eigenvalue weighted by Crippen LogP contribution is 2.43. The lowest BCUT2D eigenvalue weighted by Crippen LogP contribution is -2.28. The van der Waals surface area contributed by atoms with Crippen molar-refractivity contribution in [2.45, 2.75) is 79.1 Å². The van der Waals surface area contributed by atoms with Gasteiger partial charge in [-0.05, 0) is 61.2 Å². The Labute approximate surface area is 162 Å². The number of allylic oxidation sites excluding steroid dienone is 8. The molecule has 0 heteroatoms. The molecule has 0 amide bonds. The van der Waals surface area contributed by atoms with E-state index in [4.69, 9.17) is 0 Å². The molecular weight excluding hydrogens is 312 g/mol. The van der Waals surface area contributed by atoms with Gasteiger partial charge in [0, 0.05) is 0 Å². The van der Waals surface area contributed by atoms with Crippen molar-refractivity contribution in [1.82, 2.24) is 0 Å². The molecule has 0 saturated heterocycles. The van der Waals surface area contributed by atoms with E-state index in [2.05, 4.69) is 64.2 Å². The lowest BCUT2D eigenvalue weighted by Gasteiger charge is -2.38. The highest BCUT2D eigenvalue weighted by Gasteiger charge is 2.32. The lowest BCUT2D eigenvalue weighted by atomic mass is 9.67. The van der Waals surface area contributed by atoms with E-state index in [9.17, 15) is 0 Å². The van der Waals surface area contributed by atoms with Gasteiger partial charge in [0.05, 0.1) is 0 Å². The van der Waals surface area contributed by atoms with Crippen molar-refractivity contribution in [3.63, 3.8) is 0 Å². The van der Waals surface area contributed by atoms with Crippen molar-refractivity contribution in [1.29, 1.82) is 0 Å². The van der Waals surface area contributed by atoms with Crippen LogP contribution in [0.1, 0.15) is 79.1 Å². The van der Waals surface area contributed by atoms with Gasteiger partial charge in [0.25, 0.3) is 0 Å². The van der Waals surface area contributed by atoms with Crippen molar-refractivity contribution in [2.75, 3.05) is 0 Å². The van der Waals surface area contributed by atoms with Crippen LogP contribution >= 0.6 is 0 Å². The summed E-state index contributed by atoms with van der Waals surface area (Å²) in [4.78, 5) is 0. The number of hydrogen-bond donors (Lipinski definition) is 0. The Morgan fingerprint density at radius 3 is 2.35 bits per heavy atom. The predicted molar refractivity (Wildman–Crippen MR) is 115 cm³/mol. The van der Waals surface area contributed by atoms with E-state index in [0.29, 0.717) is 0 Å². The van der Waals surface area contributed by atoms with Crippen molar-refractivity contribution >= 4 is 0 Å². The molecule has 0 bridgehead atoms. The zero-order chi connectivity index (χ0) is 18.5. The van der Waals surface area contributed by atoms with Crippen LogP contribution in [0.4, 0.5) is 0 Å². The Morgan fingerprint density at radius 1 is 0.885 bits per heavy atom. The lowest BCUT2D eigenvalue weighted by molar-refractivity contribution is 0.229. The average Bonchev–Trinajstić information content (AvgIpc) is 2.67. The molecule has 0 aromatic rings. The summed E-state index contributed by atoms with van der Waals surface area (Å²) in [6, 6.07) is 0. The Bertz CT molecular complexity index is 571. The van der Waals surface area contributed by atoms with Gasteiger partial charge in [-0.25, -0.2) is 0 Å². The summed E-state index contributed by atoms with van der Waals surface area (Å²) < 4.78 is 0. The zero-order valence-corrected chi connectivity index (χ0v) is 17.6. The molecule has 0 heterocycles. The molecule has 0 aliphatic heterocycles. The fraction of sp³-hybridized carbons (Fsp3) is 0.692. The number of fused-ring (bicyclic) bond motifs is 2. The second-order valence-corrected chi connectivity index (χ2v) is 9.34. The number of hydrogen-bond acceptors (Lipinski definition) is 0. The quantitative estimate of drug-likeness (QED) is 0.474. The summed E-state index contributed by atoms with van der Waals surface area (Å²) in [7, 11) is 0. The van der Waals surface area contributed by atoms with Gasteiger partial charge in [-0.1, -0.05) is 101 Å². The molecule has 4 aliphatic carbocycles. The fourth-order valence-corrected chi connectivity index (χ4v) is 5.96. The summed E-state index contributed by atoms with van der Waals surface area (Å²) in [5.74, 6) is 5.16. The molecule has 4 aliphatic rings. The van der Waals surface area contributed by atoms with Gasteiger partial charge in [-0.15, -0.1) is 0 Å². The van der Waals surface area contributed by atoms with Gasteiger partial charge in [0.2, 0.25) is 0 Å². The summed E-state index contributed by atoms with van der Waals surface area (Å²) in [6.45, 7) is 9.39. The molecule has 26 heavy (non-hydrogen) atoms. The van der Waals surface area contributed by atoms with Gasteiger partial charge >= 0.3 is 0 Å². The summed E-state index contributed by atoms with van der Waals surface area (Å²) in [6.07, 6.45) is 25.4. The molecule has 0 N–H and O–H groups in total. The summed E-state index contributed by atoms with van der Waals surface area (Å²) in [5.41, 5.74) is 3.40. The van der Waals surface area contributed by atoms with Gasteiger partial charge in [0.1, 0.15) is 0 Å². The molecule has 4 rings (SSSR count). The maximum Gasteiger partial charge on any atom is -0.0111 e. The first kappa shape index (κ1) is 19.7. The molecular formula is C26H40. The van der Waals surface area contributed by atoms with E-state index in [-0.39, 0.29) is 0 Å². The van der Waals surface area contributed by atoms with Gasteiger partial charge in [0.15, 0.2) is 0 Å². The van der Waals surface area contributed by atoms with E-state index in [1.54, 1.807) is 11.1 Å². The minimum absolute atomic E-state index is 0.746. The largest absolute Gasteiger partial charge is 0.0808 e. The second-order valence-electron chi connectivity index (χ2n) is 9.34. The van der Waals surface area contributed by atoms with E-state index in [1.165, 1.54) is 51.4 Å². The first-order chi connectivity index (χ1) is 12.6. The third-order valence-electron chi connectivity index (χ3n) is 7.34. The van der Waals surface area contributed by atoms with Gasteiger partial charge in [-0.3, -0.25) is 0 Å². The van der Waals surface area contributed by atoms with Crippen LogP contribution in [0.2, 0.25) is 0 Å². The third-order valence-corrected chi connectivity index (χ3v) is 7.34. The zero-order valence-electron chi connectivity index (χ0n) is 17.6. The van der Waals surface area contributed by atoms with Crippen LogP contribution in [0, 0.1) is 35.5 Å². The van der Waals surface area contributed by atoms with Crippen LogP contribution in [0.3, 0.4) is 0 Å². The van der Waals surface area contributed by atoms with Crippen LogP contribution < -0.4 is 0 Å². The highest BCUT2D eigenvalue weighted by molar-refractivity contribution is 5.25. The molecule has 0 aromatic carbocycles. The molecule has 0 radical (unpaired) electrons. The topological polar surface area (TPSA) is 0 Å². The normalized spacial score (nSPS) is 35.7. The van der Waals surface area contributed by atoms with Crippen LogP contribution in [-0.4, -0.2) is 0 Å². The monoisotopic (exact) mass is 352 g/mol. The molecule has 5 unspecified atom stereocenters. The summed E-state index contributed by atoms with van der Waals surface area (Å²) in [5, 5.41) is 0. The SMILES string of the molecule is CC(C)C1=CC=CC2CCCCC12.CCC1=CC=CC2CCCC(C)C12. The predicted octanol–water partition coefficient (Wildman–Crippen LogP) is 7.89. The molecule has 0 nitrogen and oxygen atoms in total. The Balaban J connectivity index is 0.000000151. The van der Waals surface area contributed by atoms with Crippen molar-refractivity contribution in [2.24, 2.45) is 35.5 Å². The van der Waals surface area contributed by atoms with Crippen LogP contribution in [-0.2, 0) is 0 Å². The van der Waals surface area contributed by atoms with Crippen LogP contribution in [0.5, 0.6) is 0 Å². The number of rotatable bonds is 2. The second kappa shape index (κ2) is 9.25. The Morgan fingerprint density at radius 2 is 1.58 bits per heavy atom. The minimum Gasteiger partial charge on any atom is -0.0808 e. The van der Waals surface area contributed by atoms with Crippen molar-refractivity contribution < 1.29 is 0 Å². The molecule has 5 atom stereocenters. The maximum absolute atomic E-state index is 2.43. The Hall–Kier alpha value is -1.04.